The van der Waals surface area contributed by atoms with Crippen molar-refractivity contribution in [2.24, 2.45) is 5.92 Å². The van der Waals surface area contributed by atoms with E-state index in [4.69, 9.17) is 0 Å². The number of hydrogen-bond acceptors (Lipinski definition) is 3. The van der Waals surface area contributed by atoms with Crippen LogP contribution in [-0.2, 0) is 9.59 Å². The Bertz CT molecular complexity index is 272. The van der Waals surface area contributed by atoms with Crippen LogP contribution in [0.5, 0.6) is 0 Å². The van der Waals surface area contributed by atoms with E-state index < -0.39 is 0 Å². The number of carbonyl (C=O) groups excluding carboxylic acids is 2. The first-order valence-corrected chi connectivity index (χ1v) is 6.27. The van der Waals surface area contributed by atoms with Crippen LogP contribution in [0.15, 0.2) is 0 Å². The Morgan fingerprint density at radius 1 is 1.31 bits per heavy atom. The highest BCUT2D eigenvalue weighted by Crippen LogP contribution is 2.25. The van der Waals surface area contributed by atoms with Crippen molar-refractivity contribution < 1.29 is 9.59 Å². The number of ketones is 1. The van der Waals surface area contributed by atoms with E-state index >= 15 is 0 Å². The Kier molecular flexibility index (Phi) is 3.93. The molecule has 1 heterocycles. The van der Waals surface area contributed by atoms with Crippen LogP contribution >= 0.6 is 0 Å². The average Bonchev–Trinajstić information content (AvgIpc) is 2.72. The highest BCUT2D eigenvalue weighted by atomic mass is 16.1. The van der Waals surface area contributed by atoms with E-state index in [1.54, 1.807) is 0 Å². The summed E-state index contributed by atoms with van der Waals surface area (Å²) >= 11 is 0. The third-order valence-electron chi connectivity index (χ3n) is 3.60. The lowest BCUT2D eigenvalue weighted by molar-refractivity contribution is -0.124. The van der Waals surface area contributed by atoms with Crippen LogP contribution in [-0.4, -0.2) is 42.8 Å². The van der Waals surface area contributed by atoms with Gasteiger partial charge in [0, 0.05) is 32.0 Å². The van der Waals surface area contributed by atoms with Crippen molar-refractivity contribution in [3.05, 3.63) is 0 Å². The summed E-state index contributed by atoms with van der Waals surface area (Å²) < 4.78 is 0. The smallest absolute Gasteiger partial charge is 0.221 e. The zero-order chi connectivity index (χ0) is 11.4. The van der Waals surface area contributed by atoms with Crippen LogP contribution in [0.1, 0.15) is 32.1 Å². The molecule has 2 fully saturated rings. The van der Waals surface area contributed by atoms with E-state index in [1.165, 1.54) is 12.8 Å². The van der Waals surface area contributed by atoms with E-state index in [2.05, 4.69) is 10.2 Å². The number of nitrogens with zero attached hydrogens (tertiary/aromatic N) is 1. The van der Waals surface area contributed by atoms with Crippen LogP contribution in [0, 0.1) is 5.92 Å². The molecule has 1 saturated heterocycles. The fraction of sp³-hybridized carbons (Fsp3) is 0.833. The first kappa shape index (κ1) is 11.6. The summed E-state index contributed by atoms with van der Waals surface area (Å²) in [6.07, 6.45) is 5.08. The maximum Gasteiger partial charge on any atom is 0.221 e. The zero-order valence-electron chi connectivity index (χ0n) is 9.71. The van der Waals surface area contributed by atoms with Crippen LogP contribution in [0.25, 0.3) is 0 Å². The van der Waals surface area contributed by atoms with Crippen molar-refractivity contribution in [2.75, 3.05) is 26.2 Å². The van der Waals surface area contributed by atoms with Crippen LogP contribution in [0.3, 0.4) is 0 Å². The monoisotopic (exact) mass is 224 g/mol. The van der Waals surface area contributed by atoms with Gasteiger partial charge in [0.05, 0.1) is 6.54 Å². The maximum atomic E-state index is 12.0. The van der Waals surface area contributed by atoms with Gasteiger partial charge in [0.25, 0.3) is 0 Å². The second-order valence-corrected chi connectivity index (χ2v) is 4.82. The lowest BCUT2D eigenvalue weighted by Crippen LogP contribution is -2.35. The van der Waals surface area contributed by atoms with Crippen molar-refractivity contribution in [1.29, 1.82) is 0 Å². The molecule has 0 bridgehead atoms. The number of amides is 1. The zero-order valence-corrected chi connectivity index (χ0v) is 9.71. The summed E-state index contributed by atoms with van der Waals surface area (Å²) in [5.74, 6) is 0.787. The number of hydrogen-bond donors (Lipinski definition) is 1. The van der Waals surface area contributed by atoms with Gasteiger partial charge < -0.3 is 5.32 Å². The van der Waals surface area contributed by atoms with Gasteiger partial charge >= 0.3 is 0 Å². The second kappa shape index (κ2) is 5.43. The molecule has 0 spiro atoms. The predicted octanol–water partition coefficient (Wildman–Crippen LogP) is 0.568. The Morgan fingerprint density at radius 2 is 2.06 bits per heavy atom. The molecule has 0 unspecified atom stereocenters. The minimum atomic E-state index is 0.107. The molecule has 4 nitrogen and oxygen atoms in total. The van der Waals surface area contributed by atoms with Crippen molar-refractivity contribution >= 4 is 11.7 Å². The van der Waals surface area contributed by atoms with Crippen LogP contribution < -0.4 is 5.32 Å². The van der Waals surface area contributed by atoms with Gasteiger partial charge in [-0.05, 0) is 12.8 Å². The highest BCUT2D eigenvalue weighted by molar-refractivity contribution is 5.83. The molecule has 0 aromatic carbocycles. The summed E-state index contributed by atoms with van der Waals surface area (Å²) in [7, 11) is 0. The van der Waals surface area contributed by atoms with E-state index in [-0.39, 0.29) is 5.91 Å². The molecule has 1 amide bonds. The molecular weight excluding hydrogens is 204 g/mol. The van der Waals surface area contributed by atoms with Crippen molar-refractivity contribution in [3.8, 4) is 0 Å². The van der Waals surface area contributed by atoms with Gasteiger partial charge in [-0.25, -0.2) is 0 Å². The first-order chi connectivity index (χ1) is 7.75. The van der Waals surface area contributed by atoms with Gasteiger partial charge in [0.2, 0.25) is 5.91 Å². The molecule has 90 valence electrons. The lowest BCUT2D eigenvalue weighted by atomic mass is 10.0. The predicted molar refractivity (Wildman–Crippen MR) is 61.0 cm³/mol. The fourth-order valence-corrected chi connectivity index (χ4v) is 2.57. The molecule has 4 heteroatoms. The quantitative estimate of drug-likeness (QED) is 0.762. The van der Waals surface area contributed by atoms with Crippen LogP contribution in [0.4, 0.5) is 0 Å². The van der Waals surface area contributed by atoms with Gasteiger partial charge in [-0.3, -0.25) is 14.5 Å². The van der Waals surface area contributed by atoms with Gasteiger partial charge in [-0.1, -0.05) is 12.8 Å². The molecule has 0 radical (unpaired) electrons. The minimum absolute atomic E-state index is 0.107. The topological polar surface area (TPSA) is 49.4 Å². The van der Waals surface area contributed by atoms with Crippen molar-refractivity contribution in [1.82, 2.24) is 10.2 Å². The number of Topliss-reactive ketones (excluding diaryl/α,β-unsaturated/α-hetero) is 1. The van der Waals surface area contributed by atoms with Crippen molar-refractivity contribution in [2.45, 2.75) is 32.1 Å². The first-order valence-electron chi connectivity index (χ1n) is 6.27. The molecule has 1 saturated carbocycles. The van der Waals surface area contributed by atoms with Crippen molar-refractivity contribution in [3.63, 3.8) is 0 Å². The minimum Gasteiger partial charge on any atom is -0.355 e. The molecule has 16 heavy (non-hydrogen) atoms. The number of rotatable bonds is 3. The van der Waals surface area contributed by atoms with E-state index in [1.807, 2.05) is 0 Å². The molecule has 1 N–H and O–H groups in total. The Balaban J connectivity index is 1.79. The Hall–Kier alpha value is -0.900. The molecular formula is C12H20N2O2. The largest absolute Gasteiger partial charge is 0.355 e. The third kappa shape index (κ3) is 3.04. The number of carbonyl (C=O) groups is 2. The normalized spacial score (nSPS) is 24.1. The SMILES string of the molecule is O=C1CCN(CC(=O)C2CCCC2)CCN1. The van der Waals surface area contributed by atoms with E-state index in [0.29, 0.717) is 31.2 Å². The van der Waals surface area contributed by atoms with E-state index in [0.717, 1.165) is 25.9 Å². The van der Waals surface area contributed by atoms with Gasteiger partial charge in [-0.2, -0.15) is 0 Å². The molecule has 0 aromatic rings. The fourth-order valence-electron chi connectivity index (χ4n) is 2.57. The van der Waals surface area contributed by atoms with E-state index in [9.17, 15) is 9.59 Å². The molecule has 2 rings (SSSR count). The average molecular weight is 224 g/mol. The maximum absolute atomic E-state index is 12.0. The standard InChI is InChI=1S/C12H20N2O2/c15-11(10-3-1-2-4-10)9-14-7-5-12(16)13-6-8-14/h10H,1-9H2,(H,13,16). The highest BCUT2D eigenvalue weighted by Gasteiger charge is 2.24. The Morgan fingerprint density at radius 3 is 2.81 bits per heavy atom. The summed E-state index contributed by atoms with van der Waals surface area (Å²) in [5.41, 5.74) is 0. The Labute approximate surface area is 96.4 Å². The molecule has 0 aromatic heterocycles. The second-order valence-electron chi connectivity index (χ2n) is 4.82. The number of nitrogens with one attached hydrogen (secondary N) is 1. The molecule has 1 aliphatic carbocycles. The lowest BCUT2D eigenvalue weighted by Gasteiger charge is -2.19. The molecule has 2 aliphatic rings. The summed E-state index contributed by atoms with van der Waals surface area (Å²) in [6, 6.07) is 0. The summed E-state index contributed by atoms with van der Waals surface area (Å²) in [6.45, 7) is 2.75. The van der Waals surface area contributed by atoms with Gasteiger partial charge in [0.1, 0.15) is 5.78 Å². The van der Waals surface area contributed by atoms with Gasteiger partial charge in [-0.15, -0.1) is 0 Å². The van der Waals surface area contributed by atoms with Crippen LogP contribution in [0.2, 0.25) is 0 Å². The molecule has 0 atom stereocenters. The third-order valence-corrected chi connectivity index (χ3v) is 3.60. The summed E-state index contributed by atoms with van der Waals surface area (Å²) in [5, 5.41) is 2.83. The van der Waals surface area contributed by atoms with Gasteiger partial charge in [0.15, 0.2) is 0 Å². The molecule has 1 aliphatic heterocycles. The summed E-state index contributed by atoms with van der Waals surface area (Å²) in [4.78, 5) is 25.2.